The van der Waals surface area contributed by atoms with Gasteiger partial charge in [0.25, 0.3) is 0 Å². The lowest BCUT2D eigenvalue weighted by molar-refractivity contribution is 0.0602. The first kappa shape index (κ1) is 14.7. The largest absolute Gasteiger partial charge is 0.465 e. The van der Waals surface area contributed by atoms with Crippen molar-refractivity contribution in [2.75, 3.05) is 37.2 Å². The van der Waals surface area contributed by atoms with Gasteiger partial charge in [-0.1, -0.05) is 6.07 Å². The van der Waals surface area contributed by atoms with E-state index in [-0.39, 0.29) is 0 Å². The molecular weight excluding hydrogens is 266 g/mol. The highest BCUT2D eigenvalue weighted by Gasteiger charge is 2.14. The highest BCUT2D eigenvalue weighted by atomic mass is 16.5. The van der Waals surface area contributed by atoms with Gasteiger partial charge in [0, 0.05) is 25.5 Å². The third-order valence-corrected chi connectivity index (χ3v) is 3.16. The summed E-state index contributed by atoms with van der Waals surface area (Å²) in [6, 6.07) is 13.0. The van der Waals surface area contributed by atoms with Gasteiger partial charge in [0.2, 0.25) is 0 Å². The number of anilines is 4. The van der Waals surface area contributed by atoms with Crippen LogP contribution in [0.3, 0.4) is 0 Å². The predicted molar refractivity (Wildman–Crippen MR) is 86.2 cm³/mol. The van der Waals surface area contributed by atoms with Gasteiger partial charge in [0.05, 0.1) is 24.0 Å². The van der Waals surface area contributed by atoms with E-state index in [0.29, 0.717) is 16.9 Å². The fraction of sp³-hybridized carbons (Fsp3) is 0.188. The molecular formula is C16H19N3O2. The summed E-state index contributed by atoms with van der Waals surface area (Å²) in [5.74, 6) is -0.422. The number of para-hydroxylation sites is 1. The third kappa shape index (κ3) is 3.25. The maximum Gasteiger partial charge on any atom is 0.340 e. The summed E-state index contributed by atoms with van der Waals surface area (Å²) in [5.41, 5.74) is 9.37. The van der Waals surface area contributed by atoms with Gasteiger partial charge in [0.1, 0.15) is 0 Å². The summed E-state index contributed by atoms with van der Waals surface area (Å²) in [7, 11) is 5.31. The van der Waals surface area contributed by atoms with Crippen LogP contribution in [-0.2, 0) is 4.74 Å². The summed E-state index contributed by atoms with van der Waals surface area (Å²) in [5, 5.41) is 3.18. The van der Waals surface area contributed by atoms with E-state index in [4.69, 9.17) is 10.5 Å². The van der Waals surface area contributed by atoms with Gasteiger partial charge >= 0.3 is 5.97 Å². The first-order valence-corrected chi connectivity index (χ1v) is 6.54. The van der Waals surface area contributed by atoms with Gasteiger partial charge in [-0.3, -0.25) is 0 Å². The SMILES string of the molecule is COC(=O)c1cccc(N)c1Nc1ccc(N(C)C)cc1. The number of hydrogen-bond donors (Lipinski definition) is 2. The van der Waals surface area contributed by atoms with Gasteiger partial charge in [-0.15, -0.1) is 0 Å². The van der Waals surface area contributed by atoms with E-state index in [2.05, 4.69) is 5.32 Å². The zero-order valence-electron chi connectivity index (χ0n) is 12.4. The van der Waals surface area contributed by atoms with E-state index in [0.717, 1.165) is 11.4 Å². The van der Waals surface area contributed by atoms with Gasteiger partial charge in [-0.25, -0.2) is 4.79 Å². The van der Waals surface area contributed by atoms with Crippen LogP contribution in [0.4, 0.5) is 22.7 Å². The number of rotatable bonds is 4. The Labute approximate surface area is 124 Å². The maximum atomic E-state index is 11.8. The first-order chi connectivity index (χ1) is 10.0. The number of ether oxygens (including phenoxy) is 1. The fourth-order valence-corrected chi connectivity index (χ4v) is 1.98. The Morgan fingerprint density at radius 3 is 2.38 bits per heavy atom. The van der Waals surface area contributed by atoms with Crippen LogP contribution in [-0.4, -0.2) is 27.2 Å². The Balaban J connectivity index is 2.32. The van der Waals surface area contributed by atoms with Crippen molar-refractivity contribution in [2.45, 2.75) is 0 Å². The molecule has 0 aliphatic rings. The molecule has 21 heavy (non-hydrogen) atoms. The molecule has 0 unspecified atom stereocenters. The molecule has 0 bridgehead atoms. The lowest BCUT2D eigenvalue weighted by atomic mass is 10.1. The predicted octanol–water partition coefficient (Wildman–Crippen LogP) is 2.87. The standard InChI is InChI=1S/C16H19N3O2/c1-19(2)12-9-7-11(8-10-12)18-15-13(16(20)21-3)5-4-6-14(15)17/h4-10,18H,17H2,1-3H3. The minimum Gasteiger partial charge on any atom is -0.465 e. The van der Waals surface area contributed by atoms with Crippen LogP contribution in [0.15, 0.2) is 42.5 Å². The molecule has 5 nitrogen and oxygen atoms in total. The Hall–Kier alpha value is -2.69. The summed E-state index contributed by atoms with van der Waals surface area (Å²) in [4.78, 5) is 13.8. The quantitative estimate of drug-likeness (QED) is 0.668. The van der Waals surface area contributed by atoms with Crippen molar-refractivity contribution in [3.8, 4) is 0 Å². The second-order valence-electron chi connectivity index (χ2n) is 4.83. The molecule has 0 aromatic heterocycles. The first-order valence-electron chi connectivity index (χ1n) is 6.54. The molecule has 2 aromatic rings. The Bertz CT molecular complexity index is 636. The van der Waals surface area contributed by atoms with E-state index in [1.54, 1.807) is 18.2 Å². The molecule has 2 aromatic carbocycles. The van der Waals surface area contributed by atoms with Crippen LogP contribution >= 0.6 is 0 Å². The van der Waals surface area contributed by atoms with Crippen LogP contribution < -0.4 is 16.0 Å². The van der Waals surface area contributed by atoms with Crippen molar-refractivity contribution in [1.82, 2.24) is 0 Å². The van der Waals surface area contributed by atoms with E-state index in [1.807, 2.05) is 43.3 Å². The van der Waals surface area contributed by atoms with Gasteiger partial charge < -0.3 is 20.7 Å². The van der Waals surface area contributed by atoms with Crippen molar-refractivity contribution in [2.24, 2.45) is 0 Å². The second-order valence-corrected chi connectivity index (χ2v) is 4.83. The van der Waals surface area contributed by atoms with Crippen molar-refractivity contribution in [3.63, 3.8) is 0 Å². The van der Waals surface area contributed by atoms with Crippen LogP contribution in [0, 0.1) is 0 Å². The highest BCUT2D eigenvalue weighted by Crippen LogP contribution is 2.28. The molecule has 0 fully saturated rings. The van der Waals surface area contributed by atoms with E-state index in [1.165, 1.54) is 7.11 Å². The van der Waals surface area contributed by atoms with E-state index in [9.17, 15) is 4.79 Å². The molecule has 0 spiro atoms. The van der Waals surface area contributed by atoms with Gasteiger partial charge in [0.15, 0.2) is 0 Å². The Kier molecular flexibility index (Phi) is 4.33. The highest BCUT2D eigenvalue weighted by molar-refractivity contribution is 5.99. The molecule has 0 aliphatic carbocycles. The molecule has 2 rings (SSSR count). The zero-order valence-corrected chi connectivity index (χ0v) is 12.4. The van der Waals surface area contributed by atoms with Gasteiger partial charge in [-0.05, 0) is 36.4 Å². The smallest absolute Gasteiger partial charge is 0.340 e. The van der Waals surface area contributed by atoms with Crippen molar-refractivity contribution in [1.29, 1.82) is 0 Å². The van der Waals surface area contributed by atoms with Crippen LogP contribution in [0.2, 0.25) is 0 Å². The van der Waals surface area contributed by atoms with Crippen molar-refractivity contribution >= 4 is 28.7 Å². The summed E-state index contributed by atoms with van der Waals surface area (Å²) < 4.78 is 4.78. The summed E-state index contributed by atoms with van der Waals surface area (Å²) in [6.45, 7) is 0. The maximum absolute atomic E-state index is 11.8. The Morgan fingerprint density at radius 1 is 1.14 bits per heavy atom. The number of hydrogen-bond acceptors (Lipinski definition) is 5. The number of carbonyl (C=O) groups excluding carboxylic acids is 1. The second kappa shape index (κ2) is 6.17. The summed E-state index contributed by atoms with van der Waals surface area (Å²) >= 11 is 0. The number of carbonyl (C=O) groups is 1. The molecule has 0 saturated carbocycles. The van der Waals surface area contributed by atoms with Crippen LogP contribution in [0.5, 0.6) is 0 Å². The van der Waals surface area contributed by atoms with Crippen LogP contribution in [0.25, 0.3) is 0 Å². The third-order valence-electron chi connectivity index (χ3n) is 3.16. The van der Waals surface area contributed by atoms with Crippen molar-refractivity contribution < 1.29 is 9.53 Å². The fourth-order valence-electron chi connectivity index (χ4n) is 1.98. The van der Waals surface area contributed by atoms with E-state index >= 15 is 0 Å². The molecule has 3 N–H and O–H groups in total. The number of esters is 1. The normalized spacial score (nSPS) is 10.0. The lowest BCUT2D eigenvalue weighted by Crippen LogP contribution is -2.09. The van der Waals surface area contributed by atoms with E-state index < -0.39 is 5.97 Å². The number of nitrogens with two attached hydrogens (primary N) is 1. The lowest BCUT2D eigenvalue weighted by Gasteiger charge is -2.15. The molecule has 0 amide bonds. The number of nitrogens with one attached hydrogen (secondary N) is 1. The number of nitrogens with zero attached hydrogens (tertiary/aromatic N) is 1. The molecule has 5 heteroatoms. The zero-order chi connectivity index (χ0) is 15.4. The minimum absolute atomic E-state index is 0.411. The average molecular weight is 285 g/mol. The topological polar surface area (TPSA) is 67.6 Å². The molecule has 110 valence electrons. The van der Waals surface area contributed by atoms with Crippen LogP contribution in [0.1, 0.15) is 10.4 Å². The molecule has 0 atom stereocenters. The van der Waals surface area contributed by atoms with Gasteiger partial charge in [-0.2, -0.15) is 0 Å². The minimum atomic E-state index is -0.422. The monoisotopic (exact) mass is 285 g/mol. The molecule has 0 saturated heterocycles. The number of benzene rings is 2. The van der Waals surface area contributed by atoms with Crippen molar-refractivity contribution in [3.05, 3.63) is 48.0 Å². The molecule has 0 heterocycles. The molecule has 0 aliphatic heterocycles. The number of methoxy groups -OCH3 is 1. The molecule has 0 radical (unpaired) electrons. The number of nitrogen functional groups attached to an aromatic ring is 1. The summed E-state index contributed by atoms with van der Waals surface area (Å²) in [6.07, 6.45) is 0. The Morgan fingerprint density at radius 2 is 1.81 bits per heavy atom. The average Bonchev–Trinajstić information content (AvgIpc) is 2.49.